The van der Waals surface area contributed by atoms with E-state index < -0.39 is 5.92 Å². The van der Waals surface area contributed by atoms with Crippen LogP contribution in [-0.2, 0) is 0 Å². The fraction of sp³-hybridized carbons (Fsp3) is 0.818. The SMILES string of the molecule is FC1(F)CC(c2nncn2C2CCCNC2)C1. The van der Waals surface area contributed by atoms with E-state index in [9.17, 15) is 8.78 Å². The first kappa shape index (κ1) is 11.1. The van der Waals surface area contributed by atoms with E-state index in [1.165, 1.54) is 0 Å². The minimum Gasteiger partial charge on any atom is -0.315 e. The molecule has 3 rings (SSSR count). The van der Waals surface area contributed by atoms with Crippen molar-refractivity contribution in [2.75, 3.05) is 13.1 Å². The lowest BCUT2D eigenvalue weighted by Crippen LogP contribution is -2.37. The highest BCUT2D eigenvalue weighted by molar-refractivity contribution is 5.08. The van der Waals surface area contributed by atoms with Gasteiger partial charge in [0.05, 0.1) is 0 Å². The molecule has 0 spiro atoms. The van der Waals surface area contributed by atoms with Gasteiger partial charge >= 0.3 is 0 Å². The van der Waals surface area contributed by atoms with Gasteiger partial charge in [-0.3, -0.25) is 0 Å². The summed E-state index contributed by atoms with van der Waals surface area (Å²) in [6.07, 6.45) is 3.71. The predicted octanol–water partition coefficient (Wildman–Crippen LogP) is 1.72. The number of nitrogens with one attached hydrogen (secondary N) is 1. The van der Waals surface area contributed by atoms with Crippen molar-refractivity contribution in [2.45, 2.75) is 43.6 Å². The zero-order valence-corrected chi connectivity index (χ0v) is 9.57. The maximum absolute atomic E-state index is 12.9. The van der Waals surface area contributed by atoms with E-state index in [1.54, 1.807) is 6.33 Å². The Morgan fingerprint density at radius 1 is 1.41 bits per heavy atom. The molecule has 1 aromatic heterocycles. The van der Waals surface area contributed by atoms with Crippen LogP contribution in [0.1, 0.15) is 43.5 Å². The van der Waals surface area contributed by atoms with E-state index in [4.69, 9.17) is 0 Å². The first-order valence-corrected chi connectivity index (χ1v) is 6.14. The van der Waals surface area contributed by atoms with Crippen LogP contribution in [-0.4, -0.2) is 33.8 Å². The van der Waals surface area contributed by atoms with Gasteiger partial charge in [0.15, 0.2) is 0 Å². The third kappa shape index (κ3) is 2.06. The number of piperidine rings is 1. The van der Waals surface area contributed by atoms with Crippen LogP contribution in [0.2, 0.25) is 0 Å². The summed E-state index contributed by atoms with van der Waals surface area (Å²) in [6.45, 7) is 1.92. The van der Waals surface area contributed by atoms with Gasteiger partial charge < -0.3 is 9.88 Å². The maximum Gasteiger partial charge on any atom is 0.249 e. The number of nitrogens with zero attached hydrogens (tertiary/aromatic N) is 3. The van der Waals surface area contributed by atoms with E-state index in [0.717, 1.165) is 31.8 Å². The molecule has 0 amide bonds. The molecule has 1 unspecified atom stereocenters. The minimum absolute atomic E-state index is 0.0775. The molecule has 4 nitrogen and oxygen atoms in total. The normalized spacial score (nSPS) is 28.9. The topological polar surface area (TPSA) is 42.7 Å². The zero-order valence-electron chi connectivity index (χ0n) is 9.57. The number of hydrogen-bond acceptors (Lipinski definition) is 3. The zero-order chi connectivity index (χ0) is 11.9. The maximum atomic E-state index is 12.9. The van der Waals surface area contributed by atoms with Gasteiger partial charge in [-0.15, -0.1) is 10.2 Å². The summed E-state index contributed by atoms with van der Waals surface area (Å²) >= 11 is 0. The smallest absolute Gasteiger partial charge is 0.249 e. The molecule has 6 heteroatoms. The van der Waals surface area contributed by atoms with Crippen molar-refractivity contribution in [1.82, 2.24) is 20.1 Å². The molecule has 1 saturated carbocycles. The molecular weight excluding hydrogens is 226 g/mol. The van der Waals surface area contributed by atoms with Gasteiger partial charge in [0.2, 0.25) is 5.92 Å². The molecule has 94 valence electrons. The summed E-state index contributed by atoms with van der Waals surface area (Å²) in [4.78, 5) is 0. The van der Waals surface area contributed by atoms with Gasteiger partial charge in [0.1, 0.15) is 12.2 Å². The van der Waals surface area contributed by atoms with E-state index >= 15 is 0 Å². The van der Waals surface area contributed by atoms with E-state index in [0.29, 0.717) is 6.04 Å². The molecule has 2 fully saturated rings. The van der Waals surface area contributed by atoms with Crippen molar-refractivity contribution in [1.29, 1.82) is 0 Å². The molecule has 0 radical (unpaired) electrons. The molecule has 1 saturated heterocycles. The Morgan fingerprint density at radius 2 is 2.24 bits per heavy atom. The number of rotatable bonds is 2. The summed E-state index contributed by atoms with van der Waals surface area (Å²) in [7, 11) is 0. The molecule has 1 N–H and O–H groups in total. The average molecular weight is 242 g/mol. The van der Waals surface area contributed by atoms with Crippen molar-refractivity contribution in [3.05, 3.63) is 12.2 Å². The Balaban J connectivity index is 1.75. The van der Waals surface area contributed by atoms with Gasteiger partial charge in [-0.2, -0.15) is 0 Å². The van der Waals surface area contributed by atoms with Crippen molar-refractivity contribution in [3.8, 4) is 0 Å². The Kier molecular flexibility index (Phi) is 2.61. The molecule has 2 aliphatic rings. The van der Waals surface area contributed by atoms with Gasteiger partial charge in [-0.05, 0) is 19.4 Å². The van der Waals surface area contributed by atoms with Gasteiger partial charge in [0.25, 0.3) is 0 Å². The Morgan fingerprint density at radius 3 is 2.88 bits per heavy atom. The molecule has 1 aliphatic carbocycles. The standard InChI is InChI=1S/C11H16F2N4/c12-11(13)4-8(5-11)10-16-15-7-17(10)9-2-1-3-14-6-9/h7-9,14H,1-6H2. The van der Waals surface area contributed by atoms with Crippen LogP contribution in [0.25, 0.3) is 0 Å². The number of halogens is 2. The largest absolute Gasteiger partial charge is 0.315 e. The molecule has 1 atom stereocenters. The molecule has 17 heavy (non-hydrogen) atoms. The van der Waals surface area contributed by atoms with Crippen LogP contribution >= 0.6 is 0 Å². The van der Waals surface area contributed by atoms with Crippen LogP contribution in [0, 0.1) is 0 Å². The van der Waals surface area contributed by atoms with Crippen molar-refractivity contribution < 1.29 is 8.78 Å². The average Bonchev–Trinajstić information content (AvgIpc) is 2.75. The number of hydrogen-bond donors (Lipinski definition) is 1. The summed E-state index contributed by atoms with van der Waals surface area (Å²) in [5.74, 6) is -1.87. The second-order valence-corrected chi connectivity index (χ2v) is 5.06. The Bertz CT molecular complexity index is 390. The van der Waals surface area contributed by atoms with E-state index in [2.05, 4.69) is 15.5 Å². The highest BCUT2D eigenvalue weighted by Crippen LogP contribution is 2.48. The Hall–Kier alpha value is -1.04. The van der Waals surface area contributed by atoms with Crippen LogP contribution in [0.5, 0.6) is 0 Å². The molecule has 0 bridgehead atoms. The van der Waals surface area contributed by atoms with E-state index in [-0.39, 0.29) is 18.8 Å². The second-order valence-electron chi connectivity index (χ2n) is 5.06. The third-order valence-electron chi connectivity index (χ3n) is 3.72. The fourth-order valence-corrected chi connectivity index (χ4v) is 2.74. The van der Waals surface area contributed by atoms with Gasteiger partial charge in [-0.1, -0.05) is 0 Å². The highest BCUT2D eigenvalue weighted by Gasteiger charge is 2.48. The number of alkyl halides is 2. The molecule has 2 heterocycles. The number of aromatic nitrogens is 3. The summed E-state index contributed by atoms with van der Waals surface area (Å²) in [5.41, 5.74) is 0. The third-order valence-corrected chi connectivity index (χ3v) is 3.72. The first-order chi connectivity index (χ1) is 8.16. The van der Waals surface area contributed by atoms with Crippen molar-refractivity contribution in [3.63, 3.8) is 0 Å². The Labute approximate surface area is 98.4 Å². The predicted molar refractivity (Wildman–Crippen MR) is 58.1 cm³/mol. The van der Waals surface area contributed by atoms with Crippen LogP contribution in [0.3, 0.4) is 0 Å². The summed E-state index contributed by atoms with van der Waals surface area (Å²) in [5, 5.41) is 11.2. The lowest BCUT2D eigenvalue weighted by Gasteiger charge is -2.35. The molecule has 0 aromatic carbocycles. The fourth-order valence-electron chi connectivity index (χ4n) is 2.74. The molecule has 1 aliphatic heterocycles. The summed E-state index contributed by atoms with van der Waals surface area (Å²) in [6, 6.07) is 0.322. The van der Waals surface area contributed by atoms with Crippen LogP contribution < -0.4 is 5.32 Å². The minimum atomic E-state index is -2.49. The first-order valence-electron chi connectivity index (χ1n) is 6.14. The molecule has 1 aromatic rings. The summed E-state index contributed by atoms with van der Waals surface area (Å²) < 4.78 is 27.8. The lowest BCUT2D eigenvalue weighted by atomic mass is 9.80. The van der Waals surface area contributed by atoms with Gasteiger partial charge in [0, 0.05) is 31.3 Å². The quantitative estimate of drug-likeness (QED) is 0.858. The lowest BCUT2D eigenvalue weighted by molar-refractivity contribution is -0.0894. The van der Waals surface area contributed by atoms with Crippen LogP contribution in [0.15, 0.2) is 6.33 Å². The van der Waals surface area contributed by atoms with Crippen molar-refractivity contribution in [2.24, 2.45) is 0 Å². The van der Waals surface area contributed by atoms with Crippen LogP contribution in [0.4, 0.5) is 8.78 Å². The monoisotopic (exact) mass is 242 g/mol. The molecular formula is C11H16F2N4. The second kappa shape index (κ2) is 4.01. The highest BCUT2D eigenvalue weighted by atomic mass is 19.3. The van der Waals surface area contributed by atoms with Crippen molar-refractivity contribution >= 4 is 0 Å². The van der Waals surface area contributed by atoms with E-state index in [1.807, 2.05) is 4.57 Å². The van der Waals surface area contributed by atoms with Gasteiger partial charge in [-0.25, -0.2) is 8.78 Å².